The van der Waals surface area contributed by atoms with Crippen molar-refractivity contribution in [1.82, 2.24) is 4.68 Å². The first-order chi connectivity index (χ1) is 11.6. The number of hydrogen-bond acceptors (Lipinski definition) is 4. The first-order valence-corrected chi connectivity index (χ1v) is 8.86. The van der Waals surface area contributed by atoms with Gasteiger partial charge in [0.05, 0.1) is 12.0 Å². The third-order valence-electron chi connectivity index (χ3n) is 3.91. The van der Waals surface area contributed by atoms with Crippen LogP contribution in [0.3, 0.4) is 0 Å². The maximum absolute atomic E-state index is 5.45. The van der Waals surface area contributed by atoms with Gasteiger partial charge in [0.2, 0.25) is 4.80 Å². The fraction of sp³-hybridized carbons (Fsp3) is 0.263. The fourth-order valence-corrected chi connectivity index (χ4v) is 3.32. The van der Waals surface area contributed by atoms with Gasteiger partial charge in [-0.05, 0) is 57.0 Å². The summed E-state index contributed by atoms with van der Waals surface area (Å²) in [6, 6.07) is 10.3. The summed E-state index contributed by atoms with van der Waals surface area (Å²) in [7, 11) is 0. The van der Waals surface area contributed by atoms with Crippen molar-refractivity contribution in [1.29, 1.82) is 0 Å². The van der Waals surface area contributed by atoms with Crippen LogP contribution < -0.4 is 4.80 Å². The van der Waals surface area contributed by atoms with Gasteiger partial charge in [0.1, 0.15) is 11.5 Å². The highest BCUT2D eigenvalue weighted by Crippen LogP contribution is 2.23. The van der Waals surface area contributed by atoms with E-state index in [1.165, 1.54) is 11.1 Å². The van der Waals surface area contributed by atoms with E-state index < -0.39 is 0 Å². The van der Waals surface area contributed by atoms with Gasteiger partial charge in [-0.1, -0.05) is 12.1 Å². The number of thiazole rings is 1. The van der Waals surface area contributed by atoms with Crippen molar-refractivity contribution in [3.63, 3.8) is 0 Å². The Morgan fingerprint density at radius 2 is 2.04 bits per heavy atom. The van der Waals surface area contributed by atoms with Gasteiger partial charge < -0.3 is 4.42 Å². The summed E-state index contributed by atoms with van der Waals surface area (Å²) in [5.74, 6) is 0.766. The predicted octanol–water partition coefficient (Wildman–Crippen LogP) is 4.62. The standard InChI is InChI=1S/C19H21N3OS/c1-5-20-19-22(21-15(4)18-7-6-10-23-18)17(12-24-19)16-9-8-13(2)14(3)11-16/h6-12H,5H2,1-4H3. The van der Waals surface area contributed by atoms with Gasteiger partial charge in [0.15, 0.2) is 0 Å². The van der Waals surface area contributed by atoms with Crippen molar-refractivity contribution in [2.75, 3.05) is 6.54 Å². The highest BCUT2D eigenvalue weighted by atomic mass is 32.1. The number of furan rings is 1. The number of aryl methyl sites for hydroxylation is 2. The molecule has 0 radical (unpaired) electrons. The molecule has 124 valence electrons. The molecule has 0 unspecified atom stereocenters. The van der Waals surface area contributed by atoms with Crippen LogP contribution in [0.4, 0.5) is 0 Å². The molecule has 0 bridgehead atoms. The molecular formula is C19H21N3OS. The molecule has 0 aliphatic rings. The molecule has 5 heteroatoms. The number of benzene rings is 1. The highest BCUT2D eigenvalue weighted by molar-refractivity contribution is 7.07. The summed E-state index contributed by atoms with van der Waals surface area (Å²) in [6.07, 6.45) is 1.66. The van der Waals surface area contributed by atoms with E-state index in [2.05, 4.69) is 42.4 Å². The second-order valence-corrected chi connectivity index (χ2v) is 6.49. The Kier molecular flexibility index (Phi) is 4.81. The van der Waals surface area contributed by atoms with Crippen molar-refractivity contribution in [3.05, 3.63) is 63.7 Å². The van der Waals surface area contributed by atoms with Crippen LogP contribution in [-0.2, 0) is 0 Å². The first-order valence-electron chi connectivity index (χ1n) is 7.98. The molecule has 0 atom stereocenters. The zero-order valence-corrected chi connectivity index (χ0v) is 15.2. The van der Waals surface area contributed by atoms with Gasteiger partial charge >= 0.3 is 0 Å². The lowest BCUT2D eigenvalue weighted by molar-refractivity contribution is 0.556. The van der Waals surface area contributed by atoms with Crippen LogP contribution in [0.1, 0.15) is 30.7 Å². The number of aromatic nitrogens is 1. The van der Waals surface area contributed by atoms with Crippen LogP contribution in [0, 0.1) is 13.8 Å². The van der Waals surface area contributed by atoms with E-state index in [1.54, 1.807) is 17.6 Å². The number of rotatable bonds is 4. The molecule has 0 aliphatic carbocycles. The van der Waals surface area contributed by atoms with Crippen LogP contribution in [0.5, 0.6) is 0 Å². The smallest absolute Gasteiger partial charge is 0.206 e. The first kappa shape index (κ1) is 16.5. The molecule has 2 aromatic heterocycles. The van der Waals surface area contributed by atoms with Gasteiger partial charge in [-0.2, -0.15) is 5.10 Å². The highest BCUT2D eigenvalue weighted by Gasteiger charge is 2.10. The minimum Gasteiger partial charge on any atom is -0.463 e. The molecule has 0 spiro atoms. The number of hydrogen-bond donors (Lipinski definition) is 0. The molecule has 24 heavy (non-hydrogen) atoms. The van der Waals surface area contributed by atoms with E-state index in [4.69, 9.17) is 9.52 Å². The maximum atomic E-state index is 5.45. The Hall–Kier alpha value is -2.40. The molecule has 0 fully saturated rings. The van der Waals surface area contributed by atoms with Crippen LogP contribution in [0.15, 0.2) is 56.5 Å². The molecule has 0 N–H and O–H groups in total. The van der Waals surface area contributed by atoms with Crippen molar-refractivity contribution in [2.24, 2.45) is 10.1 Å². The predicted molar refractivity (Wildman–Crippen MR) is 99.6 cm³/mol. The Morgan fingerprint density at radius 1 is 1.21 bits per heavy atom. The van der Waals surface area contributed by atoms with E-state index >= 15 is 0 Å². The Morgan fingerprint density at radius 3 is 2.71 bits per heavy atom. The lowest BCUT2D eigenvalue weighted by Crippen LogP contribution is -2.14. The number of nitrogens with zero attached hydrogens (tertiary/aromatic N) is 3. The van der Waals surface area contributed by atoms with Gasteiger partial charge in [-0.25, -0.2) is 4.68 Å². The van der Waals surface area contributed by atoms with E-state index in [9.17, 15) is 0 Å². The summed E-state index contributed by atoms with van der Waals surface area (Å²) >= 11 is 1.60. The summed E-state index contributed by atoms with van der Waals surface area (Å²) in [5.41, 5.74) is 5.56. The van der Waals surface area contributed by atoms with Gasteiger partial charge in [0, 0.05) is 17.5 Å². The van der Waals surface area contributed by atoms with E-state index in [-0.39, 0.29) is 0 Å². The van der Waals surface area contributed by atoms with Gasteiger partial charge in [0.25, 0.3) is 0 Å². The molecule has 0 saturated carbocycles. The summed E-state index contributed by atoms with van der Waals surface area (Å²) in [5, 5.41) is 6.87. The monoisotopic (exact) mass is 339 g/mol. The average molecular weight is 339 g/mol. The molecule has 1 aromatic carbocycles. The van der Waals surface area contributed by atoms with E-state index in [1.807, 2.05) is 30.7 Å². The molecule has 0 saturated heterocycles. The molecule has 3 aromatic rings. The maximum Gasteiger partial charge on any atom is 0.206 e. The fourth-order valence-electron chi connectivity index (χ4n) is 2.42. The third-order valence-corrected chi connectivity index (χ3v) is 4.76. The SMILES string of the molecule is CCN=c1scc(-c2ccc(C)c(C)c2)n1N=C(C)c1ccco1. The quantitative estimate of drug-likeness (QED) is 0.640. The average Bonchev–Trinajstić information content (AvgIpc) is 3.21. The van der Waals surface area contributed by atoms with Gasteiger partial charge in [-0.15, -0.1) is 11.3 Å². The third kappa shape index (κ3) is 3.26. The minimum absolute atomic E-state index is 0.724. The largest absolute Gasteiger partial charge is 0.463 e. The molecular weight excluding hydrogens is 318 g/mol. The lowest BCUT2D eigenvalue weighted by atomic mass is 10.1. The topological polar surface area (TPSA) is 42.8 Å². The van der Waals surface area contributed by atoms with Crippen molar-refractivity contribution in [3.8, 4) is 11.3 Å². The molecule has 3 rings (SSSR count). The van der Waals surface area contributed by atoms with Crippen molar-refractivity contribution in [2.45, 2.75) is 27.7 Å². The van der Waals surface area contributed by atoms with Crippen LogP contribution >= 0.6 is 11.3 Å². The molecule has 0 aliphatic heterocycles. The summed E-state index contributed by atoms with van der Waals surface area (Å²) in [6.45, 7) is 8.95. The molecule has 0 amide bonds. The van der Waals surface area contributed by atoms with Gasteiger partial charge in [-0.3, -0.25) is 4.99 Å². The van der Waals surface area contributed by atoms with Crippen LogP contribution in [0.2, 0.25) is 0 Å². The lowest BCUT2D eigenvalue weighted by Gasteiger charge is -2.07. The Balaban J connectivity index is 2.16. The zero-order valence-electron chi connectivity index (χ0n) is 14.4. The van der Waals surface area contributed by atoms with Crippen LogP contribution in [0.25, 0.3) is 11.3 Å². The summed E-state index contributed by atoms with van der Waals surface area (Å²) in [4.78, 5) is 5.46. The normalized spacial score (nSPS) is 12.8. The van der Waals surface area contributed by atoms with Crippen molar-refractivity contribution < 1.29 is 4.42 Å². The summed E-state index contributed by atoms with van der Waals surface area (Å²) < 4.78 is 7.37. The Bertz CT molecular complexity index is 930. The molecule has 4 nitrogen and oxygen atoms in total. The second-order valence-electron chi connectivity index (χ2n) is 5.65. The second kappa shape index (κ2) is 7.01. The molecule has 2 heterocycles. The zero-order chi connectivity index (χ0) is 17.1. The van der Waals surface area contributed by atoms with E-state index in [0.29, 0.717) is 0 Å². The van der Waals surface area contributed by atoms with E-state index in [0.717, 1.165) is 34.1 Å². The van der Waals surface area contributed by atoms with Crippen molar-refractivity contribution >= 4 is 17.0 Å². The Labute approximate surface area is 145 Å². The minimum atomic E-state index is 0.724. The van der Waals surface area contributed by atoms with Crippen LogP contribution in [-0.4, -0.2) is 16.9 Å².